The first-order chi connectivity index (χ1) is 12.0. The second-order valence-electron chi connectivity index (χ2n) is 5.55. The molecule has 0 saturated carbocycles. The number of rotatable bonds is 6. The fourth-order valence-electron chi connectivity index (χ4n) is 2.85. The average Bonchev–Trinajstić information content (AvgIpc) is 3.22. The smallest absolute Gasteiger partial charge is 0.290 e. The number of aromatic hydroxyl groups is 1. The molecule has 3 rings (SSSR count). The van der Waals surface area contributed by atoms with Crippen LogP contribution in [-0.2, 0) is 9.53 Å². The van der Waals surface area contributed by atoms with E-state index in [1.807, 2.05) is 0 Å². The van der Waals surface area contributed by atoms with Crippen molar-refractivity contribution in [3.63, 3.8) is 0 Å². The number of methoxy groups -OCH3 is 1. The van der Waals surface area contributed by atoms with Crippen molar-refractivity contribution in [3.8, 4) is 5.75 Å². The number of hydrogen-bond donors (Lipinski definition) is 2. The van der Waals surface area contributed by atoms with Gasteiger partial charge in [0.05, 0.1) is 24.5 Å². The number of phenolic OH excluding ortho intramolecular Hbond substituents is 1. The second-order valence-corrected chi connectivity index (χ2v) is 5.55. The number of aliphatic hydroxyl groups excluding tert-OH is 1. The van der Waals surface area contributed by atoms with E-state index < -0.39 is 23.5 Å². The van der Waals surface area contributed by atoms with E-state index in [1.165, 1.54) is 36.5 Å². The molecule has 0 radical (unpaired) electrons. The molecule has 130 valence electrons. The SMILES string of the molecule is COCCN1C(=O)C(O)=C(C(=O)c2ccco2)C1c1ccc(O)cc1. The normalized spacial score (nSPS) is 17.4. The van der Waals surface area contributed by atoms with E-state index >= 15 is 0 Å². The van der Waals surface area contributed by atoms with Crippen molar-refractivity contribution in [2.75, 3.05) is 20.3 Å². The number of carbonyl (C=O) groups is 2. The number of ketones is 1. The number of amides is 1. The monoisotopic (exact) mass is 343 g/mol. The minimum absolute atomic E-state index is 0.0340. The molecule has 1 amide bonds. The number of furan rings is 1. The van der Waals surface area contributed by atoms with E-state index in [9.17, 15) is 19.8 Å². The van der Waals surface area contributed by atoms with E-state index in [1.54, 1.807) is 18.2 Å². The molecule has 0 spiro atoms. The summed E-state index contributed by atoms with van der Waals surface area (Å²) in [5.41, 5.74) is 0.531. The van der Waals surface area contributed by atoms with Crippen LogP contribution in [-0.4, -0.2) is 47.1 Å². The zero-order valence-electron chi connectivity index (χ0n) is 13.5. The molecular weight excluding hydrogens is 326 g/mol. The van der Waals surface area contributed by atoms with Crippen LogP contribution in [0.5, 0.6) is 5.75 Å². The first-order valence-corrected chi connectivity index (χ1v) is 7.64. The summed E-state index contributed by atoms with van der Waals surface area (Å²) in [6, 6.07) is 8.35. The lowest BCUT2D eigenvalue weighted by Crippen LogP contribution is -2.33. The maximum Gasteiger partial charge on any atom is 0.290 e. The van der Waals surface area contributed by atoms with Gasteiger partial charge < -0.3 is 24.3 Å². The maximum absolute atomic E-state index is 12.8. The van der Waals surface area contributed by atoms with Crippen LogP contribution in [0.1, 0.15) is 22.2 Å². The average molecular weight is 343 g/mol. The number of hydrogen-bond acceptors (Lipinski definition) is 6. The number of aliphatic hydroxyl groups is 1. The minimum atomic E-state index is -0.791. The van der Waals surface area contributed by atoms with Gasteiger partial charge in [-0.15, -0.1) is 0 Å². The van der Waals surface area contributed by atoms with Gasteiger partial charge in [-0.3, -0.25) is 9.59 Å². The minimum Gasteiger partial charge on any atom is -0.508 e. The van der Waals surface area contributed by atoms with Gasteiger partial charge in [0.1, 0.15) is 5.75 Å². The molecule has 1 aliphatic heterocycles. The topological polar surface area (TPSA) is 100 Å². The predicted molar refractivity (Wildman–Crippen MR) is 87.1 cm³/mol. The number of Topliss-reactive ketones (excluding diaryl/α,β-unsaturated/α-hetero) is 1. The van der Waals surface area contributed by atoms with Gasteiger partial charge in [0.2, 0.25) is 5.78 Å². The van der Waals surface area contributed by atoms with Crippen LogP contribution in [0.4, 0.5) is 0 Å². The van der Waals surface area contributed by atoms with Gasteiger partial charge in [-0.05, 0) is 29.8 Å². The summed E-state index contributed by atoms with van der Waals surface area (Å²) >= 11 is 0. The Morgan fingerprint density at radius 1 is 1.24 bits per heavy atom. The van der Waals surface area contributed by atoms with Crippen molar-refractivity contribution in [2.45, 2.75) is 6.04 Å². The number of benzene rings is 1. The molecule has 7 nitrogen and oxygen atoms in total. The second kappa shape index (κ2) is 6.82. The fraction of sp³-hybridized carbons (Fsp3) is 0.222. The summed E-state index contributed by atoms with van der Waals surface area (Å²) in [4.78, 5) is 26.6. The summed E-state index contributed by atoms with van der Waals surface area (Å²) in [5.74, 6) is -1.72. The first kappa shape index (κ1) is 16.8. The molecule has 0 bridgehead atoms. The number of carbonyl (C=O) groups excluding carboxylic acids is 2. The summed E-state index contributed by atoms with van der Waals surface area (Å²) < 4.78 is 10.1. The molecular formula is C18H17NO6. The molecule has 7 heteroatoms. The molecule has 25 heavy (non-hydrogen) atoms. The maximum atomic E-state index is 12.8. The number of ether oxygens (including phenoxy) is 1. The molecule has 0 fully saturated rings. The van der Waals surface area contributed by atoms with Crippen LogP contribution in [0, 0.1) is 0 Å². The highest BCUT2D eigenvalue weighted by Crippen LogP contribution is 2.39. The van der Waals surface area contributed by atoms with Crippen molar-refractivity contribution in [1.29, 1.82) is 0 Å². The van der Waals surface area contributed by atoms with Crippen molar-refractivity contribution in [1.82, 2.24) is 4.90 Å². The van der Waals surface area contributed by atoms with Crippen molar-refractivity contribution >= 4 is 11.7 Å². The summed E-state index contributed by atoms with van der Waals surface area (Å²) in [5, 5.41) is 19.8. The highest BCUT2D eigenvalue weighted by molar-refractivity contribution is 6.15. The Kier molecular flexibility index (Phi) is 4.58. The van der Waals surface area contributed by atoms with Gasteiger partial charge in [0.15, 0.2) is 11.5 Å². The van der Waals surface area contributed by atoms with Crippen molar-refractivity contribution in [3.05, 3.63) is 65.3 Å². The van der Waals surface area contributed by atoms with Crippen LogP contribution in [0.2, 0.25) is 0 Å². The lowest BCUT2D eigenvalue weighted by molar-refractivity contribution is -0.130. The largest absolute Gasteiger partial charge is 0.508 e. The van der Waals surface area contributed by atoms with Crippen LogP contribution < -0.4 is 0 Å². The quantitative estimate of drug-likeness (QED) is 0.780. The molecule has 1 atom stereocenters. The third-order valence-electron chi connectivity index (χ3n) is 4.04. The van der Waals surface area contributed by atoms with Gasteiger partial charge in [-0.1, -0.05) is 12.1 Å². The van der Waals surface area contributed by atoms with Gasteiger partial charge in [-0.2, -0.15) is 0 Å². The van der Waals surface area contributed by atoms with Crippen LogP contribution in [0.3, 0.4) is 0 Å². The third kappa shape index (κ3) is 3.01. The summed E-state index contributed by atoms with van der Waals surface area (Å²) in [6.45, 7) is 0.440. The van der Waals surface area contributed by atoms with Gasteiger partial charge in [0.25, 0.3) is 5.91 Å². The van der Waals surface area contributed by atoms with E-state index in [0.29, 0.717) is 5.56 Å². The Balaban J connectivity index is 2.06. The van der Waals surface area contributed by atoms with Gasteiger partial charge in [0, 0.05) is 13.7 Å². The Morgan fingerprint density at radius 3 is 2.56 bits per heavy atom. The lowest BCUT2D eigenvalue weighted by atomic mass is 9.95. The Morgan fingerprint density at radius 2 is 1.96 bits per heavy atom. The van der Waals surface area contributed by atoms with Crippen molar-refractivity contribution < 1.29 is 29.0 Å². The predicted octanol–water partition coefficient (Wildman–Crippen LogP) is 2.21. The van der Waals surface area contributed by atoms with Crippen molar-refractivity contribution in [2.24, 2.45) is 0 Å². The molecule has 2 aromatic rings. The zero-order chi connectivity index (χ0) is 18.0. The highest BCUT2D eigenvalue weighted by Gasteiger charge is 2.44. The third-order valence-corrected chi connectivity index (χ3v) is 4.04. The molecule has 1 aromatic carbocycles. The van der Waals surface area contributed by atoms with Crippen LogP contribution in [0.25, 0.3) is 0 Å². The number of nitrogens with zero attached hydrogens (tertiary/aromatic N) is 1. The molecule has 0 aliphatic carbocycles. The molecule has 1 aliphatic rings. The van der Waals surface area contributed by atoms with Crippen LogP contribution >= 0.6 is 0 Å². The van der Waals surface area contributed by atoms with E-state index in [4.69, 9.17) is 9.15 Å². The van der Waals surface area contributed by atoms with E-state index in [0.717, 1.165) is 0 Å². The van der Waals surface area contributed by atoms with Gasteiger partial charge >= 0.3 is 0 Å². The molecule has 2 heterocycles. The molecule has 1 aromatic heterocycles. The first-order valence-electron chi connectivity index (χ1n) is 7.64. The Hall–Kier alpha value is -3.06. The van der Waals surface area contributed by atoms with E-state index in [-0.39, 0.29) is 30.2 Å². The number of phenols is 1. The standard InChI is InChI=1S/C18H17NO6/c1-24-10-8-19-15(11-4-6-12(20)7-5-11)14(17(22)18(19)23)16(21)13-3-2-9-25-13/h2-7,9,15,20,22H,8,10H2,1H3. The fourth-order valence-corrected chi connectivity index (χ4v) is 2.85. The summed E-state index contributed by atoms with van der Waals surface area (Å²) in [7, 11) is 1.50. The summed E-state index contributed by atoms with van der Waals surface area (Å²) in [6.07, 6.45) is 1.35. The molecule has 0 saturated heterocycles. The Bertz CT molecular complexity index is 807. The zero-order valence-corrected chi connectivity index (χ0v) is 13.5. The van der Waals surface area contributed by atoms with E-state index in [2.05, 4.69) is 0 Å². The highest BCUT2D eigenvalue weighted by atomic mass is 16.5. The lowest BCUT2D eigenvalue weighted by Gasteiger charge is -2.26. The molecule has 2 N–H and O–H groups in total. The molecule has 1 unspecified atom stereocenters. The Labute approximate surface area is 143 Å². The van der Waals surface area contributed by atoms with Gasteiger partial charge in [-0.25, -0.2) is 0 Å². The van der Waals surface area contributed by atoms with Crippen LogP contribution in [0.15, 0.2) is 58.4 Å².